The Morgan fingerprint density at radius 1 is 1.21 bits per heavy atom. The monoisotopic (exact) mass is 458 g/mol. The Kier molecular flexibility index (Phi) is 5.63. The van der Waals surface area contributed by atoms with Crippen molar-refractivity contribution in [2.75, 3.05) is 6.54 Å². The first-order chi connectivity index (χ1) is 15.5. The molecule has 3 heterocycles. The van der Waals surface area contributed by atoms with E-state index in [1.807, 2.05) is 0 Å². The average Bonchev–Trinajstić information content (AvgIpc) is 2.97. The molecule has 0 saturated carbocycles. The number of aryl methyl sites for hydroxylation is 1. The number of alkyl halides is 1. The minimum atomic E-state index is -1.52. The van der Waals surface area contributed by atoms with Crippen molar-refractivity contribution in [3.05, 3.63) is 46.4 Å². The highest BCUT2D eigenvalue weighted by Gasteiger charge is 2.38. The van der Waals surface area contributed by atoms with Crippen LogP contribution in [0.4, 0.5) is 9.18 Å². The van der Waals surface area contributed by atoms with Gasteiger partial charge in [-0.05, 0) is 33.3 Å². The largest absolute Gasteiger partial charge is 0.444 e. The molecule has 0 bridgehead atoms. The lowest BCUT2D eigenvalue weighted by molar-refractivity contribution is -0.135. The number of carbonyl (C=O) groups is 3. The van der Waals surface area contributed by atoms with Crippen LogP contribution in [0.5, 0.6) is 0 Å². The predicted molar refractivity (Wildman–Crippen MR) is 118 cm³/mol. The summed E-state index contributed by atoms with van der Waals surface area (Å²) in [5.41, 5.74) is 0.0604. The molecular weight excluding hydrogens is 431 g/mol. The van der Waals surface area contributed by atoms with Crippen molar-refractivity contribution in [1.29, 1.82) is 0 Å². The molecule has 176 valence electrons. The van der Waals surface area contributed by atoms with E-state index in [4.69, 9.17) is 4.74 Å². The van der Waals surface area contributed by atoms with E-state index in [1.54, 1.807) is 52.1 Å². The standard InChI is InChI=1S/C23H27FN4O5/c1-23(2,3)33-22(32)27-12-6-8-14(24)18(27)13-7-5-9-15-19(13)26(4)21(31)28(15)16-10-11-17(29)25-20(16)30/h5-9,14,16,18H,10-12H2,1-4H3,(H,25,29,30). The summed E-state index contributed by atoms with van der Waals surface area (Å²) in [6.45, 7) is 5.35. The second-order valence-corrected chi connectivity index (χ2v) is 9.34. The van der Waals surface area contributed by atoms with Crippen LogP contribution >= 0.6 is 0 Å². The summed E-state index contributed by atoms with van der Waals surface area (Å²) in [7, 11) is 1.54. The van der Waals surface area contributed by atoms with Crippen LogP contribution in [0.25, 0.3) is 11.0 Å². The molecule has 3 atom stereocenters. The highest BCUT2D eigenvalue weighted by molar-refractivity contribution is 6.00. The zero-order valence-electron chi connectivity index (χ0n) is 19.0. The van der Waals surface area contributed by atoms with E-state index >= 15 is 4.39 Å². The molecule has 9 nitrogen and oxygen atoms in total. The van der Waals surface area contributed by atoms with Crippen LogP contribution in [0.3, 0.4) is 0 Å². The van der Waals surface area contributed by atoms with Gasteiger partial charge in [-0.2, -0.15) is 0 Å². The van der Waals surface area contributed by atoms with Crippen molar-refractivity contribution in [3.63, 3.8) is 0 Å². The third-order valence-electron chi connectivity index (χ3n) is 5.86. The van der Waals surface area contributed by atoms with E-state index in [-0.39, 0.29) is 25.3 Å². The highest BCUT2D eigenvalue weighted by Crippen LogP contribution is 2.36. The van der Waals surface area contributed by atoms with Crippen LogP contribution < -0.4 is 11.0 Å². The Labute approximate surface area is 189 Å². The van der Waals surface area contributed by atoms with E-state index in [9.17, 15) is 19.2 Å². The zero-order valence-corrected chi connectivity index (χ0v) is 19.0. The van der Waals surface area contributed by atoms with Crippen molar-refractivity contribution in [2.24, 2.45) is 7.05 Å². The molecule has 0 spiro atoms. The lowest BCUT2D eigenvalue weighted by Crippen LogP contribution is -2.44. The molecule has 1 saturated heterocycles. The number of imidazole rings is 1. The van der Waals surface area contributed by atoms with Gasteiger partial charge in [-0.3, -0.25) is 28.9 Å². The number of hydrogen-bond donors (Lipinski definition) is 1. The number of piperidine rings is 1. The van der Waals surface area contributed by atoms with E-state index in [1.165, 1.54) is 20.1 Å². The van der Waals surface area contributed by atoms with Gasteiger partial charge in [0.1, 0.15) is 17.8 Å². The lowest BCUT2D eigenvalue weighted by Gasteiger charge is -2.36. The number of imide groups is 1. The first-order valence-electron chi connectivity index (χ1n) is 10.8. The van der Waals surface area contributed by atoms with Crippen molar-refractivity contribution >= 4 is 28.9 Å². The fourth-order valence-electron chi connectivity index (χ4n) is 4.48. The molecule has 0 aliphatic carbocycles. The molecular formula is C23H27FN4O5. The number of amides is 3. The van der Waals surface area contributed by atoms with Crippen LogP contribution in [-0.4, -0.2) is 50.3 Å². The topological polar surface area (TPSA) is 103 Å². The molecule has 2 aromatic rings. The van der Waals surface area contributed by atoms with Gasteiger partial charge in [0.2, 0.25) is 11.8 Å². The zero-order chi connectivity index (χ0) is 24.1. The minimum absolute atomic E-state index is 0.116. The molecule has 2 aliphatic rings. The molecule has 3 unspecified atom stereocenters. The van der Waals surface area contributed by atoms with Gasteiger partial charge in [-0.25, -0.2) is 14.0 Å². The van der Waals surface area contributed by atoms with Crippen molar-refractivity contribution in [1.82, 2.24) is 19.4 Å². The van der Waals surface area contributed by atoms with Crippen LogP contribution in [0, 0.1) is 0 Å². The van der Waals surface area contributed by atoms with Crippen molar-refractivity contribution in [2.45, 2.75) is 57.5 Å². The summed E-state index contributed by atoms with van der Waals surface area (Å²) >= 11 is 0. The Bertz CT molecular complexity index is 1220. The van der Waals surface area contributed by atoms with E-state index in [2.05, 4.69) is 5.32 Å². The number of para-hydroxylation sites is 1. The number of fused-ring (bicyclic) bond motifs is 1. The van der Waals surface area contributed by atoms with Crippen LogP contribution in [-0.2, 0) is 21.4 Å². The molecule has 2 aliphatic heterocycles. The predicted octanol–water partition coefficient (Wildman–Crippen LogP) is 2.50. The SMILES string of the molecule is Cn1c(=O)n(C2CCC(=O)NC2=O)c2cccc(C3C(F)C=CCN3C(=O)OC(C)(C)C)c21. The van der Waals surface area contributed by atoms with Gasteiger partial charge in [0.15, 0.2) is 0 Å². The number of aromatic nitrogens is 2. The number of hydrogen-bond acceptors (Lipinski definition) is 5. The van der Waals surface area contributed by atoms with Gasteiger partial charge in [0, 0.05) is 25.6 Å². The summed E-state index contributed by atoms with van der Waals surface area (Å²) in [5.74, 6) is -0.932. The van der Waals surface area contributed by atoms with Gasteiger partial charge in [-0.15, -0.1) is 0 Å². The summed E-state index contributed by atoms with van der Waals surface area (Å²) in [5, 5.41) is 2.27. The molecule has 10 heteroatoms. The maximum Gasteiger partial charge on any atom is 0.411 e. The van der Waals surface area contributed by atoms with Crippen LogP contribution in [0.2, 0.25) is 0 Å². The van der Waals surface area contributed by atoms with Gasteiger partial charge in [-0.1, -0.05) is 24.3 Å². The van der Waals surface area contributed by atoms with E-state index in [0.717, 1.165) is 0 Å². The summed E-state index contributed by atoms with van der Waals surface area (Å²) < 4.78 is 23.5. The molecule has 1 aromatic carbocycles. The molecule has 1 aromatic heterocycles. The second-order valence-electron chi connectivity index (χ2n) is 9.34. The third kappa shape index (κ3) is 4.05. The summed E-state index contributed by atoms with van der Waals surface area (Å²) in [4.78, 5) is 51.4. The lowest BCUT2D eigenvalue weighted by atomic mass is 9.96. The summed E-state index contributed by atoms with van der Waals surface area (Å²) in [6, 6.07) is 3.14. The smallest absolute Gasteiger partial charge is 0.411 e. The molecule has 4 rings (SSSR count). The third-order valence-corrected chi connectivity index (χ3v) is 5.86. The number of ether oxygens (including phenoxy) is 1. The van der Waals surface area contributed by atoms with Gasteiger partial charge in [0.25, 0.3) is 0 Å². The van der Waals surface area contributed by atoms with Gasteiger partial charge in [0.05, 0.1) is 17.1 Å². The van der Waals surface area contributed by atoms with E-state index in [0.29, 0.717) is 16.6 Å². The first kappa shape index (κ1) is 22.8. The van der Waals surface area contributed by atoms with Gasteiger partial charge >= 0.3 is 11.8 Å². The van der Waals surface area contributed by atoms with E-state index < -0.39 is 41.5 Å². The number of carbonyl (C=O) groups excluding carboxylic acids is 3. The van der Waals surface area contributed by atoms with Crippen LogP contribution in [0.15, 0.2) is 35.1 Å². The average molecular weight is 458 g/mol. The molecule has 1 N–H and O–H groups in total. The number of nitrogens with one attached hydrogen (secondary N) is 1. The Balaban J connectivity index is 1.85. The minimum Gasteiger partial charge on any atom is -0.444 e. The Hall–Kier alpha value is -3.43. The number of rotatable bonds is 2. The van der Waals surface area contributed by atoms with Crippen molar-refractivity contribution < 1.29 is 23.5 Å². The molecule has 33 heavy (non-hydrogen) atoms. The molecule has 1 fully saturated rings. The maximum atomic E-state index is 15.3. The number of benzene rings is 1. The Morgan fingerprint density at radius 3 is 2.61 bits per heavy atom. The normalized spacial score (nSPS) is 23.7. The van der Waals surface area contributed by atoms with Gasteiger partial charge < -0.3 is 4.74 Å². The molecule has 0 radical (unpaired) electrons. The Morgan fingerprint density at radius 2 is 1.94 bits per heavy atom. The summed E-state index contributed by atoms with van der Waals surface area (Å²) in [6.07, 6.45) is 1.08. The first-order valence-corrected chi connectivity index (χ1v) is 10.8. The molecule has 3 amide bonds. The van der Waals surface area contributed by atoms with Crippen molar-refractivity contribution in [3.8, 4) is 0 Å². The fraction of sp³-hybridized carbons (Fsp3) is 0.478. The number of halogens is 1. The second kappa shape index (κ2) is 8.17. The maximum absolute atomic E-state index is 15.3. The quantitative estimate of drug-likeness (QED) is 0.550. The number of nitrogens with zero attached hydrogens (tertiary/aromatic N) is 3. The fourth-order valence-corrected chi connectivity index (χ4v) is 4.48. The highest BCUT2D eigenvalue weighted by atomic mass is 19.1. The van der Waals surface area contributed by atoms with Crippen LogP contribution in [0.1, 0.15) is 51.3 Å².